The number of pyridine rings is 1. The molecule has 1 fully saturated rings. The molecule has 0 atom stereocenters. The molecule has 1 saturated heterocycles. The van der Waals surface area contributed by atoms with Crippen molar-refractivity contribution in [2.75, 3.05) is 44.8 Å². The van der Waals surface area contributed by atoms with Crippen LogP contribution in [0.15, 0.2) is 42.6 Å². The maximum Gasteiger partial charge on any atom is 0.340 e. The van der Waals surface area contributed by atoms with E-state index in [0.717, 1.165) is 11.4 Å². The standard InChI is InChI=1S/C19H20ClN3O4/c1-26-16-5-3-2-4-15(16)22-8-10-23(11-9-22)18(24)13-27-19(25)14-6-7-17(20)21-12-14/h2-7,12H,8-11,13H2,1H3. The van der Waals surface area contributed by atoms with Gasteiger partial charge in [-0.25, -0.2) is 9.78 Å². The van der Waals surface area contributed by atoms with Crippen molar-refractivity contribution in [2.24, 2.45) is 0 Å². The summed E-state index contributed by atoms with van der Waals surface area (Å²) in [5.74, 6) is -0.00657. The van der Waals surface area contributed by atoms with Gasteiger partial charge in [0.25, 0.3) is 5.91 Å². The Morgan fingerprint density at radius 1 is 1.11 bits per heavy atom. The van der Waals surface area contributed by atoms with Crippen LogP contribution in [0, 0.1) is 0 Å². The molecular formula is C19H20ClN3O4. The van der Waals surface area contributed by atoms with Gasteiger partial charge in [0.1, 0.15) is 10.9 Å². The molecule has 2 heterocycles. The summed E-state index contributed by atoms with van der Waals surface area (Å²) in [6, 6.07) is 10.8. The Bertz CT molecular complexity index is 805. The number of carbonyl (C=O) groups excluding carboxylic acids is 2. The van der Waals surface area contributed by atoms with E-state index in [9.17, 15) is 9.59 Å². The van der Waals surface area contributed by atoms with E-state index in [1.807, 2.05) is 24.3 Å². The van der Waals surface area contributed by atoms with E-state index in [4.69, 9.17) is 21.1 Å². The van der Waals surface area contributed by atoms with Crippen LogP contribution >= 0.6 is 11.6 Å². The molecule has 0 spiro atoms. The number of aromatic nitrogens is 1. The zero-order valence-corrected chi connectivity index (χ0v) is 15.7. The molecule has 8 heteroatoms. The second kappa shape index (κ2) is 8.73. The monoisotopic (exact) mass is 389 g/mol. The van der Waals surface area contributed by atoms with Crippen LogP contribution in [0.4, 0.5) is 5.69 Å². The lowest BCUT2D eigenvalue weighted by Crippen LogP contribution is -2.50. The number of hydrogen-bond acceptors (Lipinski definition) is 6. The van der Waals surface area contributed by atoms with Crippen molar-refractivity contribution in [1.82, 2.24) is 9.88 Å². The van der Waals surface area contributed by atoms with Gasteiger partial charge in [0.2, 0.25) is 0 Å². The Morgan fingerprint density at radius 3 is 2.52 bits per heavy atom. The molecule has 0 saturated carbocycles. The number of halogens is 1. The number of piperazine rings is 1. The average molecular weight is 390 g/mol. The molecule has 0 aliphatic carbocycles. The van der Waals surface area contributed by atoms with E-state index in [0.29, 0.717) is 26.2 Å². The van der Waals surface area contributed by atoms with Crippen LogP contribution < -0.4 is 9.64 Å². The molecular weight excluding hydrogens is 370 g/mol. The number of benzene rings is 1. The van der Waals surface area contributed by atoms with Gasteiger partial charge < -0.3 is 19.3 Å². The predicted octanol–water partition coefficient (Wildman–Crippen LogP) is 2.25. The smallest absolute Gasteiger partial charge is 0.340 e. The second-order valence-electron chi connectivity index (χ2n) is 5.99. The quantitative estimate of drug-likeness (QED) is 0.577. The topological polar surface area (TPSA) is 72.0 Å². The van der Waals surface area contributed by atoms with Crippen molar-refractivity contribution in [3.8, 4) is 5.75 Å². The minimum Gasteiger partial charge on any atom is -0.495 e. The number of hydrogen-bond donors (Lipinski definition) is 0. The fourth-order valence-corrected chi connectivity index (χ4v) is 3.00. The number of esters is 1. The Morgan fingerprint density at radius 2 is 1.85 bits per heavy atom. The number of para-hydroxylation sites is 2. The van der Waals surface area contributed by atoms with Crippen LogP contribution in [0.1, 0.15) is 10.4 Å². The third-order valence-corrected chi connectivity index (χ3v) is 4.57. The van der Waals surface area contributed by atoms with Gasteiger partial charge in [-0.05, 0) is 24.3 Å². The molecule has 2 aromatic rings. The first-order chi connectivity index (χ1) is 13.1. The van der Waals surface area contributed by atoms with Crippen molar-refractivity contribution in [3.05, 3.63) is 53.3 Å². The number of methoxy groups -OCH3 is 1. The number of carbonyl (C=O) groups is 2. The molecule has 1 aliphatic rings. The number of ether oxygens (including phenoxy) is 2. The third kappa shape index (κ3) is 4.68. The fraction of sp³-hybridized carbons (Fsp3) is 0.316. The highest BCUT2D eigenvalue weighted by Crippen LogP contribution is 2.28. The molecule has 1 amide bonds. The fourth-order valence-electron chi connectivity index (χ4n) is 2.89. The molecule has 1 aliphatic heterocycles. The van der Waals surface area contributed by atoms with Crippen LogP contribution in [-0.4, -0.2) is 61.7 Å². The zero-order chi connectivity index (χ0) is 19.2. The summed E-state index contributed by atoms with van der Waals surface area (Å²) in [5.41, 5.74) is 1.27. The lowest BCUT2D eigenvalue weighted by Gasteiger charge is -2.36. The molecule has 142 valence electrons. The van der Waals surface area contributed by atoms with Crippen molar-refractivity contribution >= 4 is 29.2 Å². The Kier molecular flexibility index (Phi) is 6.13. The number of anilines is 1. The second-order valence-corrected chi connectivity index (χ2v) is 6.37. The average Bonchev–Trinajstić information content (AvgIpc) is 2.72. The lowest BCUT2D eigenvalue weighted by molar-refractivity contribution is -0.134. The van der Waals surface area contributed by atoms with Gasteiger partial charge in [-0.1, -0.05) is 23.7 Å². The summed E-state index contributed by atoms with van der Waals surface area (Å²) in [6.45, 7) is 2.17. The third-order valence-electron chi connectivity index (χ3n) is 4.35. The SMILES string of the molecule is COc1ccccc1N1CCN(C(=O)COC(=O)c2ccc(Cl)nc2)CC1. The van der Waals surface area contributed by atoms with Crippen LogP contribution in [0.5, 0.6) is 5.75 Å². The molecule has 0 radical (unpaired) electrons. The zero-order valence-electron chi connectivity index (χ0n) is 14.9. The summed E-state index contributed by atoms with van der Waals surface area (Å²) in [7, 11) is 1.64. The van der Waals surface area contributed by atoms with E-state index in [2.05, 4.69) is 9.88 Å². The molecule has 3 rings (SSSR count). The number of amides is 1. The van der Waals surface area contributed by atoms with Gasteiger partial charge >= 0.3 is 5.97 Å². The van der Waals surface area contributed by atoms with E-state index in [-0.39, 0.29) is 23.2 Å². The van der Waals surface area contributed by atoms with Gasteiger partial charge in [-0.15, -0.1) is 0 Å². The van der Waals surface area contributed by atoms with Crippen molar-refractivity contribution < 1.29 is 19.1 Å². The molecule has 7 nitrogen and oxygen atoms in total. The first-order valence-corrected chi connectivity index (χ1v) is 8.90. The molecule has 1 aromatic carbocycles. The van der Waals surface area contributed by atoms with E-state index in [1.165, 1.54) is 18.3 Å². The van der Waals surface area contributed by atoms with Gasteiger partial charge in [0.15, 0.2) is 6.61 Å². The first kappa shape index (κ1) is 19.0. The summed E-state index contributed by atoms with van der Waals surface area (Å²) in [5, 5.41) is 0.288. The highest BCUT2D eigenvalue weighted by molar-refractivity contribution is 6.29. The maximum absolute atomic E-state index is 12.3. The largest absolute Gasteiger partial charge is 0.495 e. The summed E-state index contributed by atoms with van der Waals surface area (Å²) in [4.78, 5) is 32.0. The van der Waals surface area contributed by atoms with Gasteiger partial charge in [-0.2, -0.15) is 0 Å². The van der Waals surface area contributed by atoms with Gasteiger partial charge in [0.05, 0.1) is 18.4 Å². The van der Waals surface area contributed by atoms with E-state index < -0.39 is 5.97 Å². The first-order valence-electron chi connectivity index (χ1n) is 8.53. The lowest BCUT2D eigenvalue weighted by atomic mass is 10.2. The minimum absolute atomic E-state index is 0.218. The Labute approximate surface area is 162 Å². The molecule has 0 N–H and O–H groups in total. The van der Waals surface area contributed by atoms with Crippen LogP contribution in [-0.2, 0) is 9.53 Å². The summed E-state index contributed by atoms with van der Waals surface area (Å²) >= 11 is 5.68. The van der Waals surface area contributed by atoms with Crippen LogP contribution in [0.25, 0.3) is 0 Å². The summed E-state index contributed by atoms with van der Waals surface area (Å²) < 4.78 is 10.5. The maximum atomic E-state index is 12.3. The van der Waals surface area contributed by atoms with E-state index in [1.54, 1.807) is 12.0 Å². The molecule has 1 aromatic heterocycles. The summed E-state index contributed by atoms with van der Waals surface area (Å²) in [6.07, 6.45) is 1.32. The number of rotatable bonds is 5. The Hall–Kier alpha value is -2.80. The molecule has 27 heavy (non-hydrogen) atoms. The van der Waals surface area contributed by atoms with Crippen LogP contribution in [0.2, 0.25) is 5.15 Å². The predicted molar refractivity (Wildman–Crippen MR) is 101 cm³/mol. The molecule has 0 unspecified atom stereocenters. The van der Waals surface area contributed by atoms with Crippen molar-refractivity contribution in [2.45, 2.75) is 0 Å². The number of nitrogens with zero attached hydrogens (tertiary/aromatic N) is 3. The minimum atomic E-state index is -0.597. The highest BCUT2D eigenvalue weighted by Gasteiger charge is 2.23. The normalized spacial score (nSPS) is 14.0. The highest BCUT2D eigenvalue weighted by atomic mass is 35.5. The van der Waals surface area contributed by atoms with Crippen molar-refractivity contribution in [3.63, 3.8) is 0 Å². The Balaban J connectivity index is 1.50. The van der Waals surface area contributed by atoms with Crippen LogP contribution in [0.3, 0.4) is 0 Å². The van der Waals surface area contributed by atoms with Crippen molar-refractivity contribution in [1.29, 1.82) is 0 Å². The van der Waals surface area contributed by atoms with Gasteiger partial charge in [-0.3, -0.25) is 4.79 Å². The molecule has 0 bridgehead atoms. The van der Waals surface area contributed by atoms with E-state index >= 15 is 0 Å². The van der Waals surface area contributed by atoms with Gasteiger partial charge in [0, 0.05) is 32.4 Å².